The van der Waals surface area contributed by atoms with Crippen LogP contribution in [0.2, 0.25) is 0 Å². The average molecular weight is 201 g/mol. The fraction of sp³-hybridized carbons (Fsp3) is 0.400. The van der Waals surface area contributed by atoms with Crippen LogP contribution in [0.5, 0.6) is 5.75 Å². The molecule has 0 fully saturated rings. The number of likely N-dealkylation sites (N-methyl/N-ethyl adjacent to an activating group) is 1. The van der Waals surface area contributed by atoms with Crippen LogP contribution in [0.25, 0.3) is 0 Å². The van der Waals surface area contributed by atoms with E-state index in [1.165, 1.54) is 19.2 Å². The summed E-state index contributed by atoms with van der Waals surface area (Å²) in [5, 5.41) is 2.83. The lowest BCUT2D eigenvalue weighted by Gasteiger charge is -2.08. The van der Waals surface area contributed by atoms with E-state index in [9.17, 15) is 8.78 Å². The van der Waals surface area contributed by atoms with Gasteiger partial charge in [-0.05, 0) is 32.1 Å². The highest BCUT2D eigenvalue weighted by Crippen LogP contribution is 2.22. The zero-order valence-corrected chi connectivity index (χ0v) is 8.23. The highest BCUT2D eigenvalue weighted by atomic mass is 19.1. The van der Waals surface area contributed by atoms with Gasteiger partial charge in [-0.2, -0.15) is 0 Å². The van der Waals surface area contributed by atoms with Crippen molar-refractivity contribution in [2.45, 2.75) is 6.42 Å². The van der Waals surface area contributed by atoms with Crippen molar-refractivity contribution < 1.29 is 13.5 Å². The van der Waals surface area contributed by atoms with Gasteiger partial charge in [0.2, 0.25) is 0 Å². The van der Waals surface area contributed by atoms with Gasteiger partial charge < -0.3 is 10.1 Å². The quantitative estimate of drug-likeness (QED) is 0.801. The van der Waals surface area contributed by atoms with Crippen molar-refractivity contribution in [2.75, 3.05) is 20.7 Å². The molecule has 14 heavy (non-hydrogen) atoms. The Labute approximate surface area is 81.9 Å². The van der Waals surface area contributed by atoms with Crippen molar-refractivity contribution in [3.63, 3.8) is 0 Å². The number of hydrogen-bond acceptors (Lipinski definition) is 2. The van der Waals surface area contributed by atoms with Gasteiger partial charge >= 0.3 is 0 Å². The smallest absolute Gasteiger partial charge is 0.171 e. The van der Waals surface area contributed by atoms with Crippen LogP contribution in [0.4, 0.5) is 8.78 Å². The van der Waals surface area contributed by atoms with Gasteiger partial charge in [0.1, 0.15) is 5.82 Å². The fourth-order valence-corrected chi connectivity index (χ4v) is 1.21. The van der Waals surface area contributed by atoms with E-state index in [4.69, 9.17) is 4.74 Å². The highest BCUT2D eigenvalue weighted by Gasteiger charge is 2.13. The molecule has 0 heterocycles. The van der Waals surface area contributed by atoms with E-state index >= 15 is 0 Å². The molecular weight excluding hydrogens is 188 g/mol. The molecular formula is C10H13F2NO. The van der Waals surface area contributed by atoms with Crippen LogP contribution in [0.15, 0.2) is 12.1 Å². The molecule has 0 atom stereocenters. The Hall–Kier alpha value is -1.16. The molecule has 0 aliphatic heterocycles. The molecule has 0 amide bonds. The molecule has 0 saturated heterocycles. The third-order valence-electron chi connectivity index (χ3n) is 2.00. The zero-order valence-electron chi connectivity index (χ0n) is 8.23. The molecule has 0 spiro atoms. The van der Waals surface area contributed by atoms with Crippen LogP contribution in [-0.2, 0) is 6.42 Å². The second-order valence-electron chi connectivity index (χ2n) is 2.90. The minimum absolute atomic E-state index is 0.0682. The van der Waals surface area contributed by atoms with Crippen LogP contribution in [-0.4, -0.2) is 20.7 Å². The molecule has 4 heteroatoms. The summed E-state index contributed by atoms with van der Waals surface area (Å²) in [5.41, 5.74) is 0.0682. The van der Waals surface area contributed by atoms with Crippen molar-refractivity contribution in [2.24, 2.45) is 0 Å². The second-order valence-corrected chi connectivity index (χ2v) is 2.90. The summed E-state index contributed by atoms with van der Waals surface area (Å²) in [5.74, 6) is -1.06. The average Bonchev–Trinajstić information content (AvgIpc) is 2.18. The van der Waals surface area contributed by atoms with Gasteiger partial charge in [-0.1, -0.05) is 0 Å². The van der Waals surface area contributed by atoms with Crippen molar-refractivity contribution in [3.05, 3.63) is 29.3 Å². The summed E-state index contributed by atoms with van der Waals surface area (Å²) in [7, 11) is 3.09. The molecule has 1 aromatic rings. The first-order chi connectivity index (χ1) is 6.70. The second kappa shape index (κ2) is 4.91. The predicted octanol–water partition coefficient (Wildman–Crippen LogP) is 1.74. The third kappa shape index (κ3) is 2.20. The number of nitrogens with one attached hydrogen (secondary N) is 1. The first kappa shape index (κ1) is 10.9. The Kier molecular flexibility index (Phi) is 3.83. The van der Waals surface area contributed by atoms with Crippen molar-refractivity contribution in [1.82, 2.24) is 5.32 Å². The van der Waals surface area contributed by atoms with Crippen molar-refractivity contribution in [1.29, 1.82) is 0 Å². The molecule has 0 aliphatic carbocycles. The molecule has 0 aromatic heterocycles. The number of methoxy groups -OCH3 is 1. The summed E-state index contributed by atoms with van der Waals surface area (Å²) in [6.45, 7) is 0.529. The van der Waals surface area contributed by atoms with Gasteiger partial charge in [-0.3, -0.25) is 0 Å². The van der Waals surface area contributed by atoms with Gasteiger partial charge in [-0.25, -0.2) is 8.78 Å². The van der Waals surface area contributed by atoms with Gasteiger partial charge in [-0.15, -0.1) is 0 Å². The first-order valence-electron chi connectivity index (χ1n) is 4.36. The first-order valence-corrected chi connectivity index (χ1v) is 4.36. The van der Waals surface area contributed by atoms with E-state index in [0.29, 0.717) is 13.0 Å². The monoisotopic (exact) mass is 201 g/mol. The molecule has 1 N–H and O–H groups in total. The minimum Gasteiger partial charge on any atom is -0.494 e. The number of halogens is 2. The van der Waals surface area contributed by atoms with Gasteiger partial charge in [0, 0.05) is 5.56 Å². The summed E-state index contributed by atoms with van der Waals surface area (Å²) in [4.78, 5) is 0. The van der Waals surface area contributed by atoms with E-state index in [1.54, 1.807) is 7.05 Å². The topological polar surface area (TPSA) is 21.3 Å². The van der Waals surface area contributed by atoms with E-state index in [2.05, 4.69) is 5.32 Å². The van der Waals surface area contributed by atoms with Gasteiger partial charge in [0.25, 0.3) is 0 Å². The molecule has 1 rings (SSSR count). The largest absolute Gasteiger partial charge is 0.494 e. The zero-order chi connectivity index (χ0) is 10.6. The normalized spacial score (nSPS) is 10.3. The van der Waals surface area contributed by atoms with Gasteiger partial charge in [0.15, 0.2) is 11.6 Å². The Morgan fingerprint density at radius 2 is 2.07 bits per heavy atom. The number of hydrogen-bond donors (Lipinski definition) is 1. The SMILES string of the molecule is CNCCc1c(F)ccc(OC)c1F. The van der Waals surface area contributed by atoms with Crippen LogP contribution < -0.4 is 10.1 Å². The van der Waals surface area contributed by atoms with Crippen LogP contribution in [0, 0.1) is 11.6 Å². The van der Waals surface area contributed by atoms with Gasteiger partial charge in [0.05, 0.1) is 7.11 Å². The van der Waals surface area contributed by atoms with E-state index in [1.807, 2.05) is 0 Å². The van der Waals surface area contributed by atoms with Crippen LogP contribution in [0.1, 0.15) is 5.56 Å². The van der Waals surface area contributed by atoms with Crippen LogP contribution in [0.3, 0.4) is 0 Å². The van der Waals surface area contributed by atoms with E-state index in [0.717, 1.165) is 0 Å². The lowest BCUT2D eigenvalue weighted by atomic mass is 10.1. The molecule has 1 aromatic carbocycles. The maximum Gasteiger partial charge on any atom is 0.171 e. The summed E-state index contributed by atoms with van der Waals surface area (Å²) in [6, 6.07) is 2.50. The fourth-order valence-electron chi connectivity index (χ4n) is 1.21. The molecule has 0 radical (unpaired) electrons. The molecule has 0 bridgehead atoms. The minimum atomic E-state index is -0.609. The molecule has 78 valence electrons. The van der Waals surface area contributed by atoms with E-state index < -0.39 is 11.6 Å². The molecule has 2 nitrogen and oxygen atoms in total. The molecule has 0 aliphatic rings. The third-order valence-corrected chi connectivity index (χ3v) is 2.00. The number of ether oxygens (including phenoxy) is 1. The Bertz CT molecular complexity index is 315. The van der Waals surface area contributed by atoms with Crippen molar-refractivity contribution >= 4 is 0 Å². The number of rotatable bonds is 4. The van der Waals surface area contributed by atoms with Crippen LogP contribution >= 0.6 is 0 Å². The lowest BCUT2D eigenvalue weighted by molar-refractivity contribution is 0.380. The maximum atomic E-state index is 13.5. The predicted molar refractivity (Wildman–Crippen MR) is 50.5 cm³/mol. The Morgan fingerprint density at radius 3 is 2.64 bits per heavy atom. The Balaban J connectivity index is 2.99. The summed E-state index contributed by atoms with van der Waals surface area (Å²) >= 11 is 0. The van der Waals surface area contributed by atoms with Crippen molar-refractivity contribution in [3.8, 4) is 5.75 Å². The standard InChI is InChI=1S/C10H13F2NO/c1-13-6-5-7-8(11)3-4-9(14-2)10(7)12/h3-4,13H,5-6H2,1-2H3. The summed E-state index contributed by atoms with van der Waals surface area (Å²) < 4.78 is 31.4. The number of benzene rings is 1. The maximum absolute atomic E-state index is 13.5. The molecule has 0 saturated carbocycles. The summed E-state index contributed by atoms with van der Waals surface area (Å²) in [6.07, 6.45) is 0.311. The molecule has 0 unspecified atom stereocenters. The van der Waals surface area contributed by atoms with E-state index in [-0.39, 0.29) is 11.3 Å². The Morgan fingerprint density at radius 1 is 1.36 bits per heavy atom. The highest BCUT2D eigenvalue weighted by molar-refractivity contribution is 5.32. The lowest BCUT2D eigenvalue weighted by Crippen LogP contribution is -2.12.